The number of nitrogens with one attached hydrogen (secondary N) is 1. The molecule has 7 heteroatoms. The third kappa shape index (κ3) is 4.35. The number of anilines is 1. The molecule has 1 heterocycles. The minimum absolute atomic E-state index is 0.0386. The molecule has 128 valence electrons. The number of ether oxygens (including phenoxy) is 1. The number of amides is 1. The van der Waals surface area contributed by atoms with Crippen molar-refractivity contribution in [2.45, 2.75) is 13.5 Å². The van der Waals surface area contributed by atoms with Crippen molar-refractivity contribution in [2.24, 2.45) is 0 Å². The van der Waals surface area contributed by atoms with Crippen LogP contribution < -0.4 is 10.1 Å². The van der Waals surface area contributed by atoms with Gasteiger partial charge in [-0.05, 0) is 43.3 Å². The van der Waals surface area contributed by atoms with Gasteiger partial charge in [-0.3, -0.25) is 4.79 Å². The highest BCUT2D eigenvalue weighted by atomic mass is 35.5. The van der Waals surface area contributed by atoms with Crippen LogP contribution >= 0.6 is 22.9 Å². The summed E-state index contributed by atoms with van der Waals surface area (Å²) in [6.07, 6.45) is 0. The van der Waals surface area contributed by atoms with Crippen molar-refractivity contribution in [1.29, 1.82) is 0 Å². The monoisotopic (exact) mass is 376 g/mol. The van der Waals surface area contributed by atoms with Crippen LogP contribution in [0.25, 0.3) is 0 Å². The zero-order valence-electron chi connectivity index (χ0n) is 13.3. The van der Waals surface area contributed by atoms with Gasteiger partial charge in [-0.2, -0.15) is 0 Å². The molecule has 1 amide bonds. The number of benzene rings is 2. The molecule has 1 aromatic heterocycles. The Balaban J connectivity index is 1.63. The van der Waals surface area contributed by atoms with Gasteiger partial charge in [-0.15, -0.1) is 11.3 Å². The second-order valence-electron chi connectivity index (χ2n) is 5.23. The van der Waals surface area contributed by atoms with Crippen LogP contribution in [-0.4, -0.2) is 10.9 Å². The SMILES string of the molecule is Cc1nc(COc2ccc(C(=O)Nc3cccc(Cl)c3F)cc2)cs1. The summed E-state index contributed by atoms with van der Waals surface area (Å²) >= 11 is 7.27. The molecule has 4 nitrogen and oxygen atoms in total. The van der Waals surface area contributed by atoms with E-state index in [0.717, 1.165) is 10.7 Å². The van der Waals surface area contributed by atoms with E-state index >= 15 is 0 Å². The van der Waals surface area contributed by atoms with Crippen LogP contribution in [0.15, 0.2) is 47.8 Å². The lowest BCUT2D eigenvalue weighted by Gasteiger charge is -2.08. The highest BCUT2D eigenvalue weighted by Gasteiger charge is 2.11. The molecule has 2 aromatic carbocycles. The van der Waals surface area contributed by atoms with Crippen molar-refractivity contribution in [3.63, 3.8) is 0 Å². The Morgan fingerprint density at radius 3 is 2.72 bits per heavy atom. The molecule has 0 radical (unpaired) electrons. The first-order valence-corrected chi connectivity index (χ1v) is 8.68. The summed E-state index contributed by atoms with van der Waals surface area (Å²) in [4.78, 5) is 16.5. The summed E-state index contributed by atoms with van der Waals surface area (Å²) in [5.41, 5.74) is 1.29. The number of thiazole rings is 1. The molecule has 3 aromatic rings. The van der Waals surface area contributed by atoms with Crippen LogP contribution in [0, 0.1) is 12.7 Å². The van der Waals surface area contributed by atoms with E-state index in [1.54, 1.807) is 41.7 Å². The number of aryl methyl sites for hydroxylation is 1. The highest BCUT2D eigenvalue weighted by Crippen LogP contribution is 2.23. The van der Waals surface area contributed by atoms with Crippen molar-refractivity contribution >= 4 is 34.5 Å². The number of hydrogen-bond donors (Lipinski definition) is 1. The van der Waals surface area contributed by atoms with Crippen LogP contribution in [-0.2, 0) is 6.61 Å². The van der Waals surface area contributed by atoms with Gasteiger partial charge < -0.3 is 10.1 Å². The number of carbonyl (C=O) groups is 1. The summed E-state index contributed by atoms with van der Waals surface area (Å²) in [7, 11) is 0. The average molecular weight is 377 g/mol. The van der Waals surface area contributed by atoms with Crippen LogP contribution in [0.5, 0.6) is 5.75 Å². The zero-order valence-corrected chi connectivity index (χ0v) is 14.8. The normalized spacial score (nSPS) is 10.5. The lowest BCUT2D eigenvalue weighted by molar-refractivity contribution is 0.102. The number of halogens is 2. The standard InChI is InChI=1S/C18H14ClFN2O2S/c1-11-21-13(10-25-11)9-24-14-7-5-12(6-8-14)18(23)22-16-4-2-3-15(19)17(16)20/h2-8,10H,9H2,1H3,(H,22,23). The molecule has 0 spiro atoms. The number of nitrogens with zero attached hydrogens (tertiary/aromatic N) is 1. The van der Waals surface area contributed by atoms with E-state index in [2.05, 4.69) is 10.3 Å². The topological polar surface area (TPSA) is 51.2 Å². The molecule has 0 unspecified atom stereocenters. The molecule has 1 N–H and O–H groups in total. The van der Waals surface area contributed by atoms with E-state index in [4.69, 9.17) is 16.3 Å². The van der Waals surface area contributed by atoms with Crippen molar-refractivity contribution < 1.29 is 13.9 Å². The first-order valence-electron chi connectivity index (χ1n) is 7.42. The van der Waals surface area contributed by atoms with Gasteiger partial charge in [-0.1, -0.05) is 17.7 Å². The highest BCUT2D eigenvalue weighted by molar-refractivity contribution is 7.09. The minimum atomic E-state index is -0.656. The van der Waals surface area contributed by atoms with Gasteiger partial charge in [0.2, 0.25) is 0 Å². The van der Waals surface area contributed by atoms with Crippen molar-refractivity contribution in [1.82, 2.24) is 4.98 Å². The van der Waals surface area contributed by atoms with E-state index < -0.39 is 11.7 Å². The van der Waals surface area contributed by atoms with Crippen LogP contribution in [0.3, 0.4) is 0 Å². The molecule has 0 aliphatic heterocycles. The summed E-state index contributed by atoms with van der Waals surface area (Å²) in [5, 5.41) is 5.38. The maximum atomic E-state index is 13.8. The third-order valence-corrected chi connectivity index (χ3v) is 4.48. The maximum Gasteiger partial charge on any atom is 0.255 e. The number of hydrogen-bond acceptors (Lipinski definition) is 4. The molecule has 3 rings (SSSR count). The molecule has 0 atom stereocenters. The van der Waals surface area contributed by atoms with E-state index in [1.165, 1.54) is 12.1 Å². The Morgan fingerprint density at radius 2 is 2.04 bits per heavy atom. The molecular formula is C18H14ClFN2O2S. The lowest BCUT2D eigenvalue weighted by Crippen LogP contribution is -2.13. The average Bonchev–Trinajstić information content (AvgIpc) is 3.03. The number of aromatic nitrogens is 1. The molecule has 0 aliphatic rings. The third-order valence-electron chi connectivity index (χ3n) is 3.37. The van der Waals surface area contributed by atoms with Gasteiger partial charge >= 0.3 is 0 Å². The molecule has 0 saturated carbocycles. The fourth-order valence-electron chi connectivity index (χ4n) is 2.13. The van der Waals surface area contributed by atoms with E-state index in [-0.39, 0.29) is 10.7 Å². The van der Waals surface area contributed by atoms with Gasteiger partial charge in [0.05, 0.1) is 21.4 Å². The first-order chi connectivity index (χ1) is 12.0. The van der Waals surface area contributed by atoms with Gasteiger partial charge in [0.15, 0.2) is 5.82 Å². The summed E-state index contributed by atoms with van der Waals surface area (Å²) in [5.74, 6) is -0.463. The first kappa shape index (κ1) is 17.4. The molecule has 0 aliphatic carbocycles. The Labute approximate surface area is 153 Å². The Hall–Kier alpha value is -2.44. The minimum Gasteiger partial charge on any atom is -0.487 e. The Kier molecular flexibility index (Phi) is 5.31. The molecular weight excluding hydrogens is 363 g/mol. The smallest absolute Gasteiger partial charge is 0.255 e. The zero-order chi connectivity index (χ0) is 17.8. The number of rotatable bonds is 5. The Morgan fingerprint density at radius 1 is 1.28 bits per heavy atom. The number of carbonyl (C=O) groups excluding carboxylic acids is 1. The van der Waals surface area contributed by atoms with E-state index in [1.807, 2.05) is 12.3 Å². The van der Waals surface area contributed by atoms with Gasteiger partial charge in [-0.25, -0.2) is 9.37 Å². The van der Waals surface area contributed by atoms with Crippen LogP contribution in [0.2, 0.25) is 5.02 Å². The van der Waals surface area contributed by atoms with E-state index in [0.29, 0.717) is 17.9 Å². The molecule has 25 heavy (non-hydrogen) atoms. The fraction of sp³-hybridized carbons (Fsp3) is 0.111. The second-order valence-corrected chi connectivity index (χ2v) is 6.70. The predicted octanol–water partition coefficient (Wildman–Crippen LogP) is 5.08. The van der Waals surface area contributed by atoms with E-state index in [9.17, 15) is 9.18 Å². The lowest BCUT2D eigenvalue weighted by atomic mass is 10.2. The van der Waals surface area contributed by atoms with Crippen molar-refractivity contribution in [3.05, 3.63) is 74.9 Å². The molecule has 0 fully saturated rings. The summed E-state index contributed by atoms with van der Waals surface area (Å²) < 4.78 is 19.5. The van der Waals surface area contributed by atoms with Gasteiger partial charge in [0.25, 0.3) is 5.91 Å². The quantitative estimate of drug-likeness (QED) is 0.675. The van der Waals surface area contributed by atoms with Crippen molar-refractivity contribution in [2.75, 3.05) is 5.32 Å². The predicted molar refractivity (Wildman–Crippen MR) is 97.0 cm³/mol. The Bertz CT molecular complexity index is 896. The van der Waals surface area contributed by atoms with Gasteiger partial charge in [0.1, 0.15) is 12.4 Å². The fourth-order valence-corrected chi connectivity index (χ4v) is 2.90. The van der Waals surface area contributed by atoms with Gasteiger partial charge in [0, 0.05) is 10.9 Å². The molecule has 0 bridgehead atoms. The van der Waals surface area contributed by atoms with Crippen LogP contribution in [0.1, 0.15) is 21.1 Å². The summed E-state index contributed by atoms with van der Waals surface area (Å²) in [6, 6.07) is 11.0. The van der Waals surface area contributed by atoms with Crippen LogP contribution in [0.4, 0.5) is 10.1 Å². The second kappa shape index (κ2) is 7.63. The summed E-state index contributed by atoms with van der Waals surface area (Å²) in [6.45, 7) is 2.30. The maximum absolute atomic E-state index is 13.8. The van der Waals surface area contributed by atoms with Crippen molar-refractivity contribution in [3.8, 4) is 5.75 Å². The molecule has 0 saturated heterocycles. The largest absolute Gasteiger partial charge is 0.487 e.